The molecule has 156 valence electrons. The van der Waals surface area contributed by atoms with Gasteiger partial charge < -0.3 is 4.90 Å². The van der Waals surface area contributed by atoms with Crippen molar-refractivity contribution in [3.05, 3.63) is 58.4 Å². The Morgan fingerprint density at radius 2 is 1.90 bits per heavy atom. The number of hydrogen-bond donors (Lipinski definition) is 0. The van der Waals surface area contributed by atoms with Gasteiger partial charge >= 0.3 is 0 Å². The Morgan fingerprint density at radius 3 is 2.55 bits per heavy atom. The van der Waals surface area contributed by atoms with E-state index in [2.05, 4.69) is 18.7 Å². The maximum Gasteiger partial charge on any atom is 0.260 e. The molecule has 0 N–H and O–H groups in total. The Morgan fingerprint density at radius 1 is 1.17 bits per heavy atom. The van der Waals surface area contributed by atoms with E-state index in [1.165, 1.54) is 23.5 Å². The van der Waals surface area contributed by atoms with Gasteiger partial charge in [0, 0.05) is 23.7 Å². The molecule has 0 aliphatic carbocycles. The fourth-order valence-corrected chi connectivity index (χ4v) is 4.55. The third-order valence-electron chi connectivity index (χ3n) is 4.72. The van der Waals surface area contributed by atoms with Gasteiger partial charge in [-0.15, -0.1) is 12.4 Å². The molecule has 1 amide bonds. The van der Waals surface area contributed by atoms with Crippen LogP contribution in [0.2, 0.25) is 5.02 Å². The average molecular weight is 456 g/mol. The Kier molecular flexibility index (Phi) is 8.40. The largest absolute Gasteiger partial charge is 0.302 e. The molecule has 0 aliphatic heterocycles. The lowest BCUT2D eigenvalue weighted by molar-refractivity contribution is 0.0983. The average Bonchev–Trinajstić information content (AvgIpc) is 3.09. The number of aryl methyl sites for hydroxylation is 1. The highest BCUT2D eigenvalue weighted by atomic mass is 35.5. The van der Waals surface area contributed by atoms with Crippen molar-refractivity contribution in [3.8, 4) is 0 Å². The van der Waals surface area contributed by atoms with Gasteiger partial charge in [-0.25, -0.2) is 9.37 Å². The number of likely N-dealkylation sites (N-methyl/N-ethyl adjacent to an activating group) is 1. The van der Waals surface area contributed by atoms with Crippen LogP contribution in [0.25, 0.3) is 10.2 Å². The van der Waals surface area contributed by atoms with E-state index in [9.17, 15) is 9.18 Å². The zero-order chi connectivity index (χ0) is 20.3. The van der Waals surface area contributed by atoms with Crippen LogP contribution >= 0.6 is 35.3 Å². The number of benzene rings is 2. The lowest BCUT2D eigenvalue weighted by atomic mass is 10.2. The zero-order valence-electron chi connectivity index (χ0n) is 16.6. The highest BCUT2D eigenvalue weighted by molar-refractivity contribution is 7.22. The molecular formula is C21H24Cl2FN3OS. The quantitative estimate of drug-likeness (QED) is 0.450. The number of amides is 1. The topological polar surface area (TPSA) is 36.4 Å². The van der Waals surface area contributed by atoms with E-state index < -0.39 is 5.82 Å². The number of thiazole rings is 1. The second-order valence-corrected chi connectivity index (χ2v) is 8.01. The lowest BCUT2D eigenvalue weighted by Crippen LogP contribution is -2.38. The first-order chi connectivity index (χ1) is 13.4. The van der Waals surface area contributed by atoms with Gasteiger partial charge in [0.25, 0.3) is 5.91 Å². The van der Waals surface area contributed by atoms with Crippen LogP contribution in [0.1, 0.15) is 29.8 Å². The van der Waals surface area contributed by atoms with Crippen LogP contribution in [0, 0.1) is 12.7 Å². The number of anilines is 1. The minimum absolute atomic E-state index is 0. The van der Waals surface area contributed by atoms with Crippen LogP contribution in [0.5, 0.6) is 0 Å². The number of aromatic nitrogens is 1. The van der Waals surface area contributed by atoms with E-state index in [1.54, 1.807) is 17.0 Å². The number of hydrogen-bond acceptors (Lipinski definition) is 4. The highest BCUT2D eigenvalue weighted by Gasteiger charge is 2.22. The van der Waals surface area contributed by atoms with E-state index in [1.807, 2.05) is 19.1 Å². The molecule has 0 unspecified atom stereocenters. The second kappa shape index (κ2) is 10.3. The van der Waals surface area contributed by atoms with Crippen LogP contribution in [0.15, 0.2) is 36.4 Å². The van der Waals surface area contributed by atoms with Gasteiger partial charge in [-0.1, -0.05) is 42.9 Å². The molecule has 0 fully saturated rings. The van der Waals surface area contributed by atoms with Crippen molar-refractivity contribution < 1.29 is 9.18 Å². The van der Waals surface area contributed by atoms with Crippen LogP contribution in [0.4, 0.5) is 9.52 Å². The van der Waals surface area contributed by atoms with Crippen LogP contribution in [0.3, 0.4) is 0 Å². The molecule has 0 atom stereocenters. The minimum atomic E-state index is -0.429. The van der Waals surface area contributed by atoms with Crippen molar-refractivity contribution in [1.82, 2.24) is 9.88 Å². The van der Waals surface area contributed by atoms with Crippen molar-refractivity contribution in [1.29, 1.82) is 0 Å². The summed E-state index contributed by atoms with van der Waals surface area (Å²) in [6.07, 6.45) is 0. The van der Waals surface area contributed by atoms with E-state index in [0.717, 1.165) is 28.9 Å². The molecule has 0 saturated carbocycles. The lowest BCUT2D eigenvalue weighted by Gasteiger charge is -2.24. The first kappa shape index (κ1) is 23.5. The molecule has 2 aromatic carbocycles. The van der Waals surface area contributed by atoms with Gasteiger partial charge in [-0.3, -0.25) is 9.69 Å². The second-order valence-electron chi connectivity index (χ2n) is 6.56. The third-order valence-corrected chi connectivity index (χ3v) is 5.96. The molecule has 3 rings (SSSR count). The molecule has 1 aromatic heterocycles. The summed E-state index contributed by atoms with van der Waals surface area (Å²) in [5, 5.41) is 1.24. The van der Waals surface area contributed by atoms with E-state index >= 15 is 0 Å². The maximum atomic E-state index is 13.7. The summed E-state index contributed by atoms with van der Waals surface area (Å²) in [5.41, 5.74) is 2.12. The van der Waals surface area contributed by atoms with Crippen molar-refractivity contribution in [2.24, 2.45) is 0 Å². The van der Waals surface area contributed by atoms with E-state index in [-0.39, 0.29) is 18.3 Å². The molecule has 0 radical (unpaired) electrons. The van der Waals surface area contributed by atoms with Crippen LogP contribution in [-0.4, -0.2) is 42.0 Å². The molecule has 4 nitrogen and oxygen atoms in total. The molecule has 29 heavy (non-hydrogen) atoms. The predicted molar refractivity (Wildman–Crippen MR) is 122 cm³/mol. The summed E-state index contributed by atoms with van der Waals surface area (Å²) in [6, 6.07) is 9.50. The summed E-state index contributed by atoms with van der Waals surface area (Å²) >= 11 is 7.60. The molecule has 1 heterocycles. The summed E-state index contributed by atoms with van der Waals surface area (Å²) in [4.78, 5) is 21.8. The van der Waals surface area contributed by atoms with Crippen molar-refractivity contribution >= 4 is 56.6 Å². The number of fused-ring (bicyclic) bond motifs is 1. The van der Waals surface area contributed by atoms with Gasteiger partial charge in [-0.05, 0) is 55.9 Å². The fourth-order valence-electron chi connectivity index (χ4n) is 3.10. The first-order valence-electron chi connectivity index (χ1n) is 9.29. The number of rotatable bonds is 7. The van der Waals surface area contributed by atoms with Gasteiger partial charge in [0.15, 0.2) is 5.13 Å². The van der Waals surface area contributed by atoms with Crippen LogP contribution in [-0.2, 0) is 0 Å². The van der Waals surface area contributed by atoms with E-state index in [4.69, 9.17) is 16.6 Å². The maximum absolute atomic E-state index is 13.7. The predicted octanol–water partition coefficient (Wildman–Crippen LogP) is 5.81. The van der Waals surface area contributed by atoms with Gasteiger partial charge in [0.05, 0.1) is 10.2 Å². The molecule has 8 heteroatoms. The SMILES string of the molecule is CCN(CC)CCN(C(=O)c1cccc(F)c1)c1nc2c(C)cc(Cl)cc2s1.Cl. The Labute approximate surface area is 185 Å². The van der Waals surface area contributed by atoms with Crippen molar-refractivity contribution in [2.45, 2.75) is 20.8 Å². The first-order valence-corrected chi connectivity index (χ1v) is 10.5. The monoisotopic (exact) mass is 455 g/mol. The molecule has 3 aromatic rings. The van der Waals surface area contributed by atoms with Crippen molar-refractivity contribution in [3.63, 3.8) is 0 Å². The fraction of sp³-hybridized carbons (Fsp3) is 0.333. The Hall–Kier alpha value is -1.73. The molecule has 0 aliphatic rings. The zero-order valence-corrected chi connectivity index (χ0v) is 19.0. The normalized spacial score (nSPS) is 11.0. The number of carbonyl (C=O) groups is 1. The van der Waals surface area contributed by atoms with E-state index in [0.29, 0.717) is 28.8 Å². The Balaban J connectivity index is 0.00000300. The number of nitrogens with zero attached hydrogens (tertiary/aromatic N) is 3. The third kappa shape index (κ3) is 5.45. The van der Waals surface area contributed by atoms with Gasteiger partial charge in [0.2, 0.25) is 0 Å². The smallest absolute Gasteiger partial charge is 0.260 e. The summed E-state index contributed by atoms with van der Waals surface area (Å²) in [7, 11) is 0. The minimum Gasteiger partial charge on any atom is -0.302 e. The van der Waals surface area contributed by atoms with Crippen LogP contribution < -0.4 is 4.90 Å². The van der Waals surface area contributed by atoms with Gasteiger partial charge in [0.1, 0.15) is 5.82 Å². The molecule has 0 bridgehead atoms. The number of carbonyl (C=O) groups excluding carboxylic acids is 1. The standard InChI is InChI=1S/C21H23ClFN3OS.ClH/c1-4-25(5-2)9-10-26(20(27)15-7-6-8-17(23)12-15)21-24-19-14(3)11-16(22)13-18(19)28-21;/h6-8,11-13H,4-5,9-10H2,1-3H3;1H. The van der Waals surface area contributed by atoms with Crippen molar-refractivity contribution in [2.75, 3.05) is 31.1 Å². The number of halogens is 3. The molecular weight excluding hydrogens is 432 g/mol. The van der Waals surface area contributed by atoms with Gasteiger partial charge in [-0.2, -0.15) is 0 Å². The summed E-state index contributed by atoms with van der Waals surface area (Å²) < 4.78 is 14.6. The summed E-state index contributed by atoms with van der Waals surface area (Å²) in [5.74, 6) is -0.684. The summed E-state index contributed by atoms with van der Waals surface area (Å²) in [6.45, 7) is 9.11. The molecule has 0 spiro atoms. The molecule has 0 saturated heterocycles. The Bertz CT molecular complexity index is 991. The highest BCUT2D eigenvalue weighted by Crippen LogP contribution is 2.33.